The lowest BCUT2D eigenvalue weighted by molar-refractivity contribution is -0.127. The van der Waals surface area contributed by atoms with Crippen LogP contribution in [0.25, 0.3) is 0 Å². The SMILES string of the molecule is O=C1CC(Nc2c(F)cccc2F)C2CCCN12. The minimum atomic E-state index is -0.612. The summed E-state index contributed by atoms with van der Waals surface area (Å²) in [4.78, 5) is 13.5. The van der Waals surface area contributed by atoms with Crippen LogP contribution in [-0.2, 0) is 4.79 Å². The second kappa shape index (κ2) is 4.23. The normalized spacial score (nSPS) is 26.6. The maximum Gasteiger partial charge on any atom is 0.225 e. The van der Waals surface area contributed by atoms with E-state index in [0.717, 1.165) is 19.4 Å². The van der Waals surface area contributed by atoms with Crippen molar-refractivity contribution < 1.29 is 13.6 Å². The first-order valence-corrected chi connectivity index (χ1v) is 6.17. The molecule has 0 spiro atoms. The van der Waals surface area contributed by atoms with E-state index in [2.05, 4.69) is 5.32 Å². The quantitative estimate of drug-likeness (QED) is 0.874. The van der Waals surface area contributed by atoms with Crippen molar-refractivity contribution in [3.8, 4) is 0 Å². The maximum absolute atomic E-state index is 13.5. The summed E-state index contributed by atoms with van der Waals surface area (Å²) in [7, 11) is 0. The van der Waals surface area contributed by atoms with Gasteiger partial charge in [-0.1, -0.05) is 6.07 Å². The van der Waals surface area contributed by atoms with Gasteiger partial charge in [0, 0.05) is 13.0 Å². The number of carbonyl (C=O) groups excluding carboxylic acids is 1. The van der Waals surface area contributed by atoms with Gasteiger partial charge in [0.05, 0.1) is 12.1 Å². The average molecular weight is 252 g/mol. The molecule has 2 unspecified atom stereocenters. The molecule has 1 aromatic rings. The number of para-hydroxylation sites is 1. The largest absolute Gasteiger partial charge is 0.375 e. The second-order valence-corrected chi connectivity index (χ2v) is 4.85. The number of benzene rings is 1. The summed E-state index contributed by atoms with van der Waals surface area (Å²) in [6.07, 6.45) is 2.19. The Balaban J connectivity index is 1.83. The third kappa shape index (κ3) is 1.74. The third-order valence-corrected chi connectivity index (χ3v) is 3.77. The second-order valence-electron chi connectivity index (χ2n) is 4.85. The first-order chi connectivity index (χ1) is 8.66. The van der Waals surface area contributed by atoms with E-state index in [1.807, 2.05) is 4.90 Å². The number of hydrogen-bond donors (Lipinski definition) is 1. The average Bonchev–Trinajstić information content (AvgIpc) is 2.90. The predicted molar refractivity (Wildman–Crippen MR) is 63.1 cm³/mol. The number of carbonyl (C=O) groups is 1. The van der Waals surface area contributed by atoms with E-state index in [9.17, 15) is 13.6 Å². The molecule has 0 radical (unpaired) electrons. The summed E-state index contributed by atoms with van der Waals surface area (Å²) in [5, 5.41) is 2.87. The van der Waals surface area contributed by atoms with Gasteiger partial charge in [0.2, 0.25) is 5.91 Å². The van der Waals surface area contributed by atoms with Crippen molar-refractivity contribution in [3.63, 3.8) is 0 Å². The van der Waals surface area contributed by atoms with Crippen LogP contribution < -0.4 is 5.32 Å². The summed E-state index contributed by atoms with van der Waals surface area (Å²) < 4.78 is 27.1. The summed E-state index contributed by atoms with van der Waals surface area (Å²) in [6, 6.07) is 3.66. The van der Waals surface area contributed by atoms with Crippen molar-refractivity contribution in [1.82, 2.24) is 4.90 Å². The molecule has 0 bridgehead atoms. The number of fused-ring (bicyclic) bond motifs is 1. The number of nitrogens with zero attached hydrogens (tertiary/aromatic N) is 1. The van der Waals surface area contributed by atoms with Crippen molar-refractivity contribution in [2.45, 2.75) is 31.3 Å². The van der Waals surface area contributed by atoms with Gasteiger partial charge in [0.15, 0.2) is 0 Å². The topological polar surface area (TPSA) is 32.3 Å². The molecule has 2 fully saturated rings. The molecule has 96 valence electrons. The van der Waals surface area contributed by atoms with Crippen LogP contribution in [0.1, 0.15) is 19.3 Å². The van der Waals surface area contributed by atoms with E-state index >= 15 is 0 Å². The highest BCUT2D eigenvalue weighted by molar-refractivity contribution is 5.81. The monoisotopic (exact) mass is 252 g/mol. The fraction of sp³-hybridized carbons (Fsp3) is 0.462. The van der Waals surface area contributed by atoms with E-state index in [4.69, 9.17) is 0 Å². The highest BCUT2D eigenvalue weighted by atomic mass is 19.1. The van der Waals surface area contributed by atoms with Gasteiger partial charge in [0.25, 0.3) is 0 Å². The Morgan fingerprint density at radius 3 is 2.72 bits per heavy atom. The molecule has 0 aromatic heterocycles. The molecule has 1 N–H and O–H groups in total. The molecule has 2 aliphatic rings. The van der Waals surface area contributed by atoms with Gasteiger partial charge >= 0.3 is 0 Å². The van der Waals surface area contributed by atoms with E-state index in [-0.39, 0.29) is 23.7 Å². The van der Waals surface area contributed by atoms with Gasteiger partial charge in [-0.2, -0.15) is 0 Å². The zero-order valence-electron chi connectivity index (χ0n) is 9.83. The Bertz CT molecular complexity index is 472. The molecule has 2 atom stereocenters. The first-order valence-electron chi connectivity index (χ1n) is 6.17. The number of nitrogens with one attached hydrogen (secondary N) is 1. The van der Waals surface area contributed by atoms with E-state index < -0.39 is 11.6 Å². The molecular formula is C13H14F2N2O. The predicted octanol–water partition coefficient (Wildman–Crippen LogP) is 2.14. The van der Waals surface area contributed by atoms with Crippen molar-refractivity contribution in [1.29, 1.82) is 0 Å². The van der Waals surface area contributed by atoms with Gasteiger partial charge in [-0.05, 0) is 25.0 Å². The van der Waals surface area contributed by atoms with Crippen LogP contribution in [0.5, 0.6) is 0 Å². The lowest BCUT2D eigenvalue weighted by atomic mass is 10.1. The molecule has 3 nitrogen and oxygen atoms in total. The number of hydrogen-bond acceptors (Lipinski definition) is 2. The van der Waals surface area contributed by atoms with Crippen molar-refractivity contribution in [3.05, 3.63) is 29.8 Å². The van der Waals surface area contributed by atoms with Crippen molar-refractivity contribution in [2.24, 2.45) is 0 Å². The van der Waals surface area contributed by atoms with Gasteiger partial charge in [-0.15, -0.1) is 0 Å². The van der Waals surface area contributed by atoms with Crippen molar-refractivity contribution >= 4 is 11.6 Å². The molecular weight excluding hydrogens is 238 g/mol. The van der Waals surface area contributed by atoms with Crippen LogP contribution in [0.15, 0.2) is 18.2 Å². The Kier molecular flexibility index (Phi) is 2.69. The minimum absolute atomic E-state index is 0.0757. The van der Waals surface area contributed by atoms with E-state index in [0.29, 0.717) is 6.42 Å². The molecule has 2 aliphatic heterocycles. The van der Waals surface area contributed by atoms with E-state index in [1.54, 1.807) is 0 Å². The van der Waals surface area contributed by atoms with Gasteiger partial charge in [-0.3, -0.25) is 4.79 Å². The number of amides is 1. The molecule has 2 saturated heterocycles. The summed E-state index contributed by atoms with van der Waals surface area (Å²) in [5.74, 6) is -1.15. The van der Waals surface area contributed by atoms with Crippen LogP contribution in [-0.4, -0.2) is 29.4 Å². The third-order valence-electron chi connectivity index (χ3n) is 3.77. The Morgan fingerprint density at radius 2 is 2.00 bits per heavy atom. The Hall–Kier alpha value is -1.65. The van der Waals surface area contributed by atoms with E-state index in [1.165, 1.54) is 18.2 Å². The van der Waals surface area contributed by atoms with Crippen molar-refractivity contribution in [2.75, 3.05) is 11.9 Å². The van der Waals surface area contributed by atoms with Gasteiger partial charge in [0.1, 0.15) is 17.3 Å². The minimum Gasteiger partial charge on any atom is -0.375 e. The molecule has 1 amide bonds. The fourth-order valence-corrected chi connectivity index (χ4v) is 2.93. The lowest BCUT2D eigenvalue weighted by Crippen LogP contribution is -2.35. The standard InChI is InChI=1S/C13H14F2N2O/c14-8-3-1-4-9(15)13(8)16-10-7-12(18)17-6-2-5-11(10)17/h1,3-4,10-11,16H,2,5-7H2. The molecule has 0 aliphatic carbocycles. The molecule has 18 heavy (non-hydrogen) atoms. The lowest BCUT2D eigenvalue weighted by Gasteiger charge is -2.22. The highest BCUT2D eigenvalue weighted by Gasteiger charge is 2.42. The maximum atomic E-state index is 13.5. The van der Waals surface area contributed by atoms with Crippen LogP contribution in [0.2, 0.25) is 0 Å². The molecule has 5 heteroatoms. The van der Waals surface area contributed by atoms with Gasteiger partial charge in [-0.25, -0.2) is 8.78 Å². The van der Waals surface area contributed by atoms with Crippen LogP contribution in [0, 0.1) is 11.6 Å². The zero-order chi connectivity index (χ0) is 12.7. The zero-order valence-corrected chi connectivity index (χ0v) is 9.83. The molecule has 3 rings (SSSR count). The first kappa shape index (κ1) is 11.4. The Labute approximate surface area is 104 Å². The Morgan fingerprint density at radius 1 is 1.28 bits per heavy atom. The smallest absolute Gasteiger partial charge is 0.225 e. The molecule has 2 heterocycles. The van der Waals surface area contributed by atoms with Crippen LogP contribution >= 0.6 is 0 Å². The number of rotatable bonds is 2. The molecule has 1 aromatic carbocycles. The van der Waals surface area contributed by atoms with Crippen LogP contribution in [0.4, 0.5) is 14.5 Å². The summed E-state index contributed by atoms with van der Waals surface area (Å²) in [6.45, 7) is 0.765. The molecule has 0 saturated carbocycles. The summed E-state index contributed by atoms with van der Waals surface area (Å²) in [5.41, 5.74) is -0.121. The van der Waals surface area contributed by atoms with Gasteiger partial charge < -0.3 is 10.2 Å². The number of anilines is 1. The summed E-state index contributed by atoms with van der Waals surface area (Å²) >= 11 is 0. The van der Waals surface area contributed by atoms with Crippen LogP contribution in [0.3, 0.4) is 0 Å². The number of halogens is 2. The highest BCUT2D eigenvalue weighted by Crippen LogP contribution is 2.32. The fourth-order valence-electron chi connectivity index (χ4n) is 2.93.